The van der Waals surface area contributed by atoms with E-state index in [1.165, 1.54) is 24.0 Å². The highest BCUT2D eigenvalue weighted by Crippen LogP contribution is 2.37. The predicted octanol–water partition coefficient (Wildman–Crippen LogP) is 1.15. The highest BCUT2D eigenvalue weighted by atomic mass is 32.2. The minimum atomic E-state index is -1.08. The predicted molar refractivity (Wildman–Crippen MR) is 66.4 cm³/mol. The molecule has 2 aromatic rings. The minimum Gasteiger partial charge on any atom is -0.477 e. The van der Waals surface area contributed by atoms with Gasteiger partial charge in [-0.25, -0.2) is 19.7 Å². The van der Waals surface area contributed by atoms with E-state index in [1.54, 1.807) is 10.6 Å². The van der Waals surface area contributed by atoms with Crippen LogP contribution in [0.1, 0.15) is 29.4 Å². The van der Waals surface area contributed by atoms with E-state index >= 15 is 0 Å². The number of H-pyrrole nitrogens is 1. The van der Waals surface area contributed by atoms with Crippen LogP contribution in [-0.4, -0.2) is 30.8 Å². The molecule has 0 atom stereocenters. The number of carboxylic acid groups (broad SMARTS) is 1. The van der Waals surface area contributed by atoms with Crippen LogP contribution < -0.4 is 5.69 Å². The first-order chi connectivity index (χ1) is 9.15. The molecule has 0 saturated heterocycles. The van der Waals surface area contributed by atoms with Crippen molar-refractivity contribution in [1.82, 2.24) is 19.7 Å². The Balaban J connectivity index is 1.91. The molecule has 2 heterocycles. The molecular formula is C11H10N4O3S. The number of aromatic carboxylic acids is 1. The van der Waals surface area contributed by atoms with Gasteiger partial charge in [-0.15, -0.1) is 5.10 Å². The van der Waals surface area contributed by atoms with Crippen molar-refractivity contribution in [3.63, 3.8) is 0 Å². The first-order valence-corrected chi connectivity index (χ1v) is 6.51. The van der Waals surface area contributed by atoms with E-state index < -0.39 is 5.97 Å². The molecule has 0 radical (unpaired) electrons. The first kappa shape index (κ1) is 12.0. The molecule has 0 spiro atoms. The average Bonchev–Trinajstić information content (AvgIpc) is 3.15. The van der Waals surface area contributed by atoms with Gasteiger partial charge < -0.3 is 5.11 Å². The largest absolute Gasteiger partial charge is 0.477 e. The molecule has 1 aliphatic rings. The molecule has 3 rings (SSSR count). The van der Waals surface area contributed by atoms with Gasteiger partial charge in [0, 0.05) is 17.1 Å². The molecule has 1 aliphatic carbocycles. The van der Waals surface area contributed by atoms with E-state index in [9.17, 15) is 9.59 Å². The fourth-order valence-electron chi connectivity index (χ4n) is 1.71. The van der Waals surface area contributed by atoms with Crippen LogP contribution in [0.5, 0.6) is 0 Å². The zero-order valence-electron chi connectivity index (χ0n) is 9.74. The van der Waals surface area contributed by atoms with Gasteiger partial charge in [0.25, 0.3) is 0 Å². The maximum Gasteiger partial charge on any atom is 0.354 e. The maximum absolute atomic E-state index is 11.6. The Bertz CT molecular complexity index is 689. The molecule has 1 fully saturated rings. The lowest BCUT2D eigenvalue weighted by Gasteiger charge is -2.03. The average molecular weight is 278 g/mol. The Labute approximate surface area is 111 Å². The van der Waals surface area contributed by atoms with Crippen molar-refractivity contribution in [2.75, 3.05) is 0 Å². The Kier molecular flexibility index (Phi) is 2.86. The normalized spacial score (nSPS) is 14.5. The van der Waals surface area contributed by atoms with Crippen LogP contribution in [0.4, 0.5) is 0 Å². The third kappa shape index (κ3) is 2.39. The fraction of sp³-hybridized carbons (Fsp3) is 0.273. The minimum absolute atomic E-state index is 0.0270. The molecule has 1 saturated carbocycles. The number of hydrogen-bond acceptors (Lipinski definition) is 5. The van der Waals surface area contributed by atoms with Crippen LogP contribution in [0.25, 0.3) is 0 Å². The third-order valence-corrected chi connectivity index (χ3v) is 3.70. The van der Waals surface area contributed by atoms with Gasteiger partial charge in [-0.1, -0.05) is 0 Å². The van der Waals surface area contributed by atoms with Gasteiger partial charge >= 0.3 is 11.7 Å². The smallest absolute Gasteiger partial charge is 0.354 e. The summed E-state index contributed by atoms with van der Waals surface area (Å²) >= 11 is 1.25. The van der Waals surface area contributed by atoms with Crippen molar-refractivity contribution in [3.05, 3.63) is 34.5 Å². The molecule has 0 amide bonds. The number of aromatic amines is 1. The van der Waals surface area contributed by atoms with Crippen molar-refractivity contribution >= 4 is 17.7 Å². The number of aromatic nitrogens is 4. The molecule has 8 heteroatoms. The summed E-state index contributed by atoms with van der Waals surface area (Å²) in [5.74, 6) is -1.08. The molecule has 19 heavy (non-hydrogen) atoms. The summed E-state index contributed by atoms with van der Waals surface area (Å²) in [6.07, 6.45) is 3.38. The molecule has 0 aliphatic heterocycles. The topological polar surface area (TPSA) is 101 Å². The van der Waals surface area contributed by atoms with Crippen LogP contribution in [0.15, 0.2) is 33.2 Å². The molecular weight excluding hydrogens is 268 g/mol. The SMILES string of the molecule is O=C(O)c1cc(Sc2n[nH]c(=O)n2C2CC2)ccn1. The van der Waals surface area contributed by atoms with Gasteiger partial charge in [-0.2, -0.15) is 0 Å². The fourth-order valence-corrected chi connectivity index (χ4v) is 2.65. The number of hydrogen-bond donors (Lipinski definition) is 2. The van der Waals surface area contributed by atoms with Crippen molar-refractivity contribution < 1.29 is 9.90 Å². The summed E-state index contributed by atoms with van der Waals surface area (Å²) in [6.45, 7) is 0. The maximum atomic E-state index is 11.6. The number of carbonyl (C=O) groups is 1. The van der Waals surface area contributed by atoms with Crippen LogP contribution in [-0.2, 0) is 0 Å². The van der Waals surface area contributed by atoms with E-state index in [4.69, 9.17) is 5.11 Å². The second kappa shape index (κ2) is 4.54. The lowest BCUT2D eigenvalue weighted by Crippen LogP contribution is -2.16. The highest BCUT2D eigenvalue weighted by molar-refractivity contribution is 7.99. The number of pyridine rings is 1. The second-order valence-corrected chi connectivity index (χ2v) is 5.24. The van der Waals surface area contributed by atoms with Crippen LogP contribution in [0.3, 0.4) is 0 Å². The number of nitrogens with one attached hydrogen (secondary N) is 1. The summed E-state index contributed by atoms with van der Waals surface area (Å²) in [4.78, 5) is 26.9. The van der Waals surface area contributed by atoms with Gasteiger partial charge in [0.05, 0.1) is 0 Å². The van der Waals surface area contributed by atoms with E-state index in [1.807, 2.05) is 0 Å². The lowest BCUT2D eigenvalue weighted by molar-refractivity contribution is 0.0690. The van der Waals surface area contributed by atoms with E-state index in [0.29, 0.717) is 10.1 Å². The van der Waals surface area contributed by atoms with Crippen molar-refractivity contribution in [2.45, 2.75) is 28.9 Å². The summed E-state index contributed by atoms with van der Waals surface area (Å²) in [7, 11) is 0. The molecule has 2 aromatic heterocycles. The molecule has 98 valence electrons. The molecule has 0 aromatic carbocycles. The number of rotatable bonds is 4. The summed E-state index contributed by atoms with van der Waals surface area (Å²) < 4.78 is 1.62. The Morgan fingerprint density at radius 3 is 3.00 bits per heavy atom. The van der Waals surface area contributed by atoms with Crippen LogP contribution in [0, 0.1) is 0 Å². The van der Waals surface area contributed by atoms with Gasteiger partial charge in [-0.05, 0) is 36.7 Å². The summed E-state index contributed by atoms with van der Waals surface area (Å²) in [5, 5.41) is 15.8. The summed E-state index contributed by atoms with van der Waals surface area (Å²) in [6, 6.07) is 3.37. The van der Waals surface area contributed by atoms with Gasteiger partial charge in [0.1, 0.15) is 5.69 Å². The van der Waals surface area contributed by atoms with E-state index in [0.717, 1.165) is 12.8 Å². The van der Waals surface area contributed by atoms with Gasteiger partial charge in [-0.3, -0.25) is 4.57 Å². The highest BCUT2D eigenvalue weighted by Gasteiger charge is 2.28. The van der Waals surface area contributed by atoms with Crippen molar-refractivity contribution in [1.29, 1.82) is 0 Å². The number of nitrogens with zero attached hydrogens (tertiary/aromatic N) is 3. The monoisotopic (exact) mass is 278 g/mol. The quantitative estimate of drug-likeness (QED) is 0.870. The van der Waals surface area contributed by atoms with Crippen LogP contribution >= 0.6 is 11.8 Å². The van der Waals surface area contributed by atoms with Crippen LogP contribution in [0.2, 0.25) is 0 Å². The lowest BCUT2D eigenvalue weighted by atomic mass is 10.4. The molecule has 0 bridgehead atoms. The van der Waals surface area contributed by atoms with Crippen molar-refractivity contribution in [2.24, 2.45) is 0 Å². The van der Waals surface area contributed by atoms with E-state index in [-0.39, 0.29) is 17.4 Å². The summed E-state index contributed by atoms with van der Waals surface area (Å²) in [5.41, 5.74) is -0.252. The molecule has 0 unspecified atom stereocenters. The van der Waals surface area contributed by atoms with Gasteiger partial charge in [0.15, 0.2) is 5.16 Å². The third-order valence-electron chi connectivity index (χ3n) is 2.74. The standard InChI is InChI=1S/C11H10N4O3S/c16-9(17)8-5-7(3-4-12-8)19-11-14-13-10(18)15(11)6-1-2-6/h3-6H,1-2H2,(H,13,18)(H,16,17). The van der Waals surface area contributed by atoms with Crippen molar-refractivity contribution in [3.8, 4) is 0 Å². The Morgan fingerprint density at radius 1 is 1.53 bits per heavy atom. The molecule has 2 N–H and O–H groups in total. The van der Waals surface area contributed by atoms with E-state index in [2.05, 4.69) is 15.2 Å². The zero-order valence-corrected chi connectivity index (χ0v) is 10.6. The first-order valence-electron chi connectivity index (χ1n) is 5.69. The Morgan fingerprint density at radius 2 is 2.32 bits per heavy atom. The molecule has 7 nitrogen and oxygen atoms in total. The number of carboxylic acids is 1. The zero-order chi connectivity index (χ0) is 13.4. The Hall–Kier alpha value is -2.09. The second-order valence-electron chi connectivity index (χ2n) is 4.20. The van der Waals surface area contributed by atoms with Gasteiger partial charge in [0.2, 0.25) is 0 Å².